The van der Waals surface area contributed by atoms with Crippen molar-refractivity contribution in [1.82, 2.24) is 0 Å². The molecule has 1 N–H and O–H groups in total. The summed E-state index contributed by atoms with van der Waals surface area (Å²) in [6.45, 7) is 5.78. The van der Waals surface area contributed by atoms with Gasteiger partial charge in [0.25, 0.3) is 0 Å². The van der Waals surface area contributed by atoms with E-state index in [2.05, 4.69) is 38.4 Å². The lowest BCUT2D eigenvalue weighted by molar-refractivity contribution is 0.193. The van der Waals surface area contributed by atoms with Crippen molar-refractivity contribution in [2.24, 2.45) is 0 Å². The third-order valence-corrected chi connectivity index (χ3v) is 2.53. The van der Waals surface area contributed by atoms with Crippen LogP contribution in [0.4, 0.5) is 0 Å². The van der Waals surface area contributed by atoms with Crippen molar-refractivity contribution >= 4 is 31.9 Å². The Bertz CT molecular complexity index is 362. The Balaban J connectivity index is 2.91. The number of benzene rings is 1. The number of ether oxygens (including phenoxy) is 1. The molecular weight excluding hydrogens is 324 g/mol. The second-order valence-electron chi connectivity index (χ2n) is 3.16. The normalized spacial score (nSPS) is 12.3. The van der Waals surface area contributed by atoms with Crippen molar-refractivity contribution < 1.29 is 9.84 Å². The quantitative estimate of drug-likeness (QED) is 0.907. The molecule has 1 atom stereocenters. The van der Waals surface area contributed by atoms with Gasteiger partial charge in [0.1, 0.15) is 12.4 Å². The molecule has 0 heterocycles. The highest BCUT2D eigenvalue weighted by Gasteiger charge is 2.09. The summed E-state index contributed by atoms with van der Waals surface area (Å²) >= 11 is 6.57. The molecule has 0 amide bonds. The molecule has 0 aromatic heterocycles. The number of aliphatic hydroxyl groups excluding tert-OH is 1. The van der Waals surface area contributed by atoms with Crippen LogP contribution in [-0.4, -0.2) is 11.7 Å². The molecule has 15 heavy (non-hydrogen) atoms. The Hall–Kier alpha value is -0.320. The molecular formula is C11H12Br2O2. The minimum atomic E-state index is -0.545. The van der Waals surface area contributed by atoms with Crippen molar-refractivity contribution in [1.29, 1.82) is 0 Å². The van der Waals surface area contributed by atoms with Gasteiger partial charge in [-0.1, -0.05) is 44.5 Å². The molecule has 0 aliphatic heterocycles. The van der Waals surface area contributed by atoms with Crippen molar-refractivity contribution in [3.8, 4) is 5.75 Å². The number of hydrogen-bond acceptors (Lipinski definition) is 2. The molecule has 0 unspecified atom stereocenters. The lowest BCUT2D eigenvalue weighted by Crippen LogP contribution is -2.01. The van der Waals surface area contributed by atoms with E-state index >= 15 is 0 Å². The van der Waals surface area contributed by atoms with Crippen LogP contribution in [0, 0.1) is 0 Å². The first kappa shape index (κ1) is 12.7. The van der Waals surface area contributed by atoms with Gasteiger partial charge in [0.15, 0.2) is 0 Å². The van der Waals surface area contributed by atoms with E-state index in [-0.39, 0.29) is 0 Å². The highest BCUT2D eigenvalue weighted by molar-refractivity contribution is 9.11. The van der Waals surface area contributed by atoms with E-state index in [0.717, 1.165) is 14.5 Å². The second kappa shape index (κ2) is 5.68. The van der Waals surface area contributed by atoms with Crippen LogP contribution in [0.25, 0.3) is 0 Å². The van der Waals surface area contributed by atoms with Crippen LogP contribution in [0.3, 0.4) is 0 Å². The van der Waals surface area contributed by atoms with Gasteiger partial charge in [0.2, 0.25) is 0 Å². The molecule has 1 aromatic carbocycles. The molecule has 0 saturated carbocycles. The summed E-state index contributed by atoms with van der Waals surface area (Å²) in [6, 6.07) is 5.54. The van der Waals surface area contributed by atoms with Crippen LogP contribution in [0.15, 0.2) is 33.7 Å². The smallest absolute Gasteiger partial charge is 0.126 e. The zero-order valence-electron chi connectivity index (χ0n) is 8.34. The first-order chi connectivity index (χ1) is 7.00. The third-order valence-electron chi connectivity index (χ3n) is 1.81. The molecule has 2 nitrogen and oxygen atoms in total. The summed E-state index contributed by atoms with van der Waals surface area (Å²) in [4.78, 5) is 0. The fraction of sp³-hybridized carbons (Fsp3) is 0.273. The Labute approximate surface area is 106 Å². The Morgan fingerprint density at radius 1 is 1.60 bits per heavy atom. The van der Waals surface area contributed by atoms with E-state index < -0.39 is 6.10 Å². The van der Waals surface area contributed by atoms with Gasteiger partial charge < -0.3 is 9.84 Å². The fourth-order valence-corrected chi connectivity index (χ4v) is 1.59. The zero-order chi connectivity index (χ0) is 11.4. The molecule has 0 radical (unpaired) electrons. The van der Waals surface area contributed by atoms with Crippen molar-refractivity contribution in [2.75, 3.05) is 6.61 Å². The number of aliphatic hydroxyl groups is 1. The second-order valence-corrected chi connectivity index (χ2v) is 5.20. The van der Waals surface area contributed by atoms with Gasteiger partial charge in [0, 0.05) is 14.5 Å². The van der Waals surface area contributed by atoms with Gasteiger partial charge >= 0.3 is 0 Å². The molecule has 0 saturated heterocycles. The van der Waals surface area contributed by atoms with E-state index in [1.54, 1.807) is 6.92 Å². The summed E-state index contributed by atoms with van der Waals surface area (Å²) in [7, 11) is 0. The average Bonchev–Trinajstić information content (AvgIpc) is 2.14. The minimum Gasteiger partial charge on any atom is -0.488 e. The van der Waals surface area contributed by atoms with Gasteiger partial charge in [-0.2, -0.15) is 0 Å². The van der Waals surface area contributed by atoms with Crippen LogP contribution < -0.4 is 4.74 Å². The fourth-order valence-electron chi connectivity index (χ4n) is 1.13. The van der Waals surface area contributed by atoms with Crippen molar-refractivity contribution in [3.05, 3.63) is 39.3 Å². The monoisotopic (exact) mass is 334 g/mol. The van der Waals surface area contributed by atoms with E-state index in [9.17, 15) is 5.11 Å². The van der Waals surface area contributed by atoms with E-state index in [0.29, 0.717) is 12.4 Å². The van der Waals surface area contributed by atoms with Crippen LogP contribution in [-0.2, 0) is 0 Å². The SMILES string of the molecule is C=C(Br)COc1cc(Br)ccc1[C@H](C)O. The zero-order valence-corrected chi connectivity index (χ0v) is 11.5. The Morgan fingerprint density at radius 2 is 2.27 bits per heavy atom. The summed E-state index contributed by atoms with van der Waals surface area (Å²) in [5.41, 5.74) is 0.770. The Kier molecular flexibility index (Phi) is 4.83. The predicted molar refractivity (Wildman–Crippen MR) is 68.3 cm³/mol. The minimum absolute atomic E-state index is 0.385. The lowest BCUT2D eigenvalue weighted by Gasteiger charge is -2.13. The number of rotatable bonds is 4. The summed E-state index contributed by atoms with van der Waals surface area (Å²) in [5.74, 6) is 0.667. The maximum absolute atomic E-state index is 9.53. The third kappa shape index (κ3) is 3.97. The first-order valence-corrected chi connectivity index (χ1v) is 6.03. The number of halogens is 2. The molecule has 1 rings (SSSR count). The van der Waals surface area contributed by atoms with Crippen LogP contribution >= 0.6 is 31.9 Å². The van der Waals surface area contributed by atoms with Gasteiger partial charge in [-0.15, -0.1) is 0 Å². The molecule has 4 heteroatoms. The lowest BCUT2D eigenvalue weighted by atomic mass is 10.1. The van der Waals surface area contributed by atoms with Crippen LogP contribution in [0.1, 0.15) is 18.6 Å². The first-order valence-electron chi connectivity index (χ1n) is 4.44. The summed E-state index contributed by atoms with van der Waals surface area (Å²) in [5, 5.41) is 9.53. The maximum atomic E-state index is 9.53. The molecule has 0 spiro atoms. The summed E-state index contributed by atoms with van der Waals surface area (Å²) < 4.78 is 7.19. The average molecular weight is 336 g/mol. The molecule has 0 aliphatic rings. The largest absolute Gasteiger partial charge is 0.488 e. The highest BCUT2D eigenvalue weighted by atomic mass is 79.9. The van der Waals surface area contributed by atoms with Crippen LogP contribution in [0.2, 0.25) is 0 Å². The predicted octanol–water partition coefficient (Wildman–Crippen LogP) is 3.79. The maximum Gasteiger partial charge on any atom is 0.126 e. The topological polar surface area (TPSA) is 29.5 Å². The molecule has 0 fully saturated rings. The van der Waals surface area contributed by atoms with E-state index in [4.69, 9.17) is 4.74 Å². The molecule has 1 aromatic rings. The van der Waals surface area contributed by atoms with Gasteiger partial charge in [0.05, 0.1) is 6.10 Å². The van der Waals surface area contributed by atoms with Crippen LogP contribution in [0.5, 0.6) is 5.75 Å². The molecule has 0 bridgehead atoms. The van der Waals surface area contributed by atoms with E-state index in [1.165, 1.54) is 0 Å². The Morgan fingerprint density at radius 3 is 2.80 bits per heavy atom. The van der Waals surface area contributed by atoms with Gasteiger partial charge in [-0.3, -0.25) is 0 Å². The van der Waals surface area contributed by atoms with E-state index in [1.807, 2.05) is 18.2 Å². The molecule has 0 aliphatic carbocycles. The highest BCUT2D eigenvalue weighted by Crippen LogP contribution is 2.29. The van der Waals surface area contributed by atoms with Gasteiger partial charge in [-0.25, -0.2) is 0 Å². The van der Waals surface area contributed by atoms with Crippen molar-refractivity contribution in [3.63, 3.8) is 0 Å². The van der Waals surface area contributed by atoms with Crippen molar-refractivity contribution in [2.45, 2.75) is 13.0 Å². The standard InChI is InChI=1S/C11H12Br2O2/c1-7(12)6-15-11-5-9(13)3-4-10(11)8(2)14/h3-5,8,14H,1,6H2,2H3/t8-/m0/s1. The molecule has 82 valence electrons. The van der Waals surface area contributed by atoms with Gasteiger partial charge in [-0.05, 0) is 19.1 Å². The summed E-state index contributed by atoms with van der Waals surface area (Å²) in [6.07, 6.45) is -0.545. The number of hydrogen-bond donors (Lipinski definition) is 1.